The molecule has 1 unspecified atom stereocenters. The average molecular weight is 420 g/mol. The molecule has 0 amide bonds. The van der Waals surface area contributed by atoms with Crippen molar-refractivity contribution in [1.29, 1.82) is 0 Å². The topological polar surface area (TPSA) is 46.4 Å². The fourth-order valence-corrected chi connectivity index (χ4v) is 4.12. The van der Waals surface area contributed by atoms with Crippen LogP contribution in [0.2, 0.25) is 0 Å². The standard InChI is InChI=1S/C25H33N5O/c1-21(9-15-30-13-5-12-27-30)29-16-17-31-25-8-7-22(18-23(25)20-29)19-28(2)14-10-24-6-3-4-11-26-24/h3-8,11-13,18,21H,9-10,14-17,19-20H2,1-2H3. The Morgan fingerprint density at radius 2 is 2.10 bits per heavy atom. The normalized spacial score (nSPS) is 15.3. The van der Waals surface area contributed by atoms with E-state index < -0.39 is 0 Å². The Balaban J connectivity index is 1.34. The molecule has 0 bridgehead atoms. The fourth-order valence-electron chi connectivity index (χ4n) is 4.12. The van der Waals surface area contributed by atoms with Crippen molar-refractivity contribution in [3.8, 4) is 5.75 Å². The lowest BCUT2D eigenvalue weighted by atomic mass is 10.1. The first kappa shape index (κ1) is 21.5. The number of pyridine rings is 1. The van der Waals surface area contributed by atoms with Crippen molar-refractivity contribution in [2.45, 2.75) is 45.4 Å². The molecule has 0 N–H and O–H groups in total. The van der Waals surface area contributed by atoms with Crippen LogP contribution in [0, 0.1) is 0 Å². The summed E-state index contributed by atoms with van der Waals surface area (Å²) in [6, 6.07) is 15.2. The minimum atomic E-state index is 0.475. The number of likely N-dealkylation sites (N-methyl/N-ethyl adjacent to an activating group) is 1. The molecule has 0 spiro atoms. The third-order valence-corrected chi connectivity index (χ3v) is 6.02. The van der Waals surface area contributed by atoms with E-state index in [0.717, 1.165) is 63.6 Å². The summed E-state index contributed by atoms with van der Waals surface area (Å²) in [5, 5.41) is 4.33. The monoisotopic (exact) mass is 419 g/mol. The second kappa shape index (κ2) is 10.6. The van der Waals surface area contributed by atoms with Gasteiger partial charge in [0.2, 0.25) is 0 Å². The Morgan fingerprint density at radius 1 is 1.16 bits per heavy atom. The van der Waals surface area contributed by atoms with Gasteiger partial charge in [-0.25, -0.2) is 0 Å². The molecule has 0 saturated heterocycles. The van der Waals surface area contributed by atoms with Gasteiger partial charge in [-0.3, -0.25) is 14.6 Å². The SMILES string of the molecule is CC(CCn1cccn1)N1CCOc2ccc(CN(C)CCc3ccccn3)cc2C1. The van der Waals surface area contributed by atoms with Crippen LogP contribution in [-0.4, -0.2) is 57.4 Å². The number of benzene rings is 1. The van der Waals surface area contributed by atoms with Crippen LogP contribution in [-0.2, 0) is 26.1 Å². The summed E-state index contributed by atoms with van der Waals surface area (Å²) in [4.78, 5) is 9.32. The summed E-state index contributed by atoms with van der Waals surface area (Å²) in [6.45, 7) is 7.79. The minimum absolute atomic E-state index is 0.475. The molecule has 0 saturated carbocycles. The van der Waals surface area contributed by atoms with Crippen LogP contribution in [0.5, 0.6) is 5.75 Å². The van der Waals surface area contributed by atoms with Crippen LogP contribution in [0.3, 0.4) is 0 Å². The molecule has 164 valence electrons. The fraction of sp³-hybridized carbons (Fsp3) is 0.440. The van der Waals surface area contributed by atoms with Crippen LogP contribution in [0.1, 0.15) is 30.2 Å². The highest BCUT2D eigenvalue weighted by Crippen LogP contribution is 2.26. The molecular formula is C25H33N5O. The van der Waals surface area contributed by atoms with Crippen molar-refractivity contribution in [3.05, 3.63) is 77.9 Å². The van der Waals surface area contributed by atoms with Crippen LogP contribution in [0.25, 0.3) is 0 Å². The van der Waals surface area contributed by atoms with Gasteiger partial charge in [-0.1, -0.05) is 12.1 Å². The Morgan fingerprint density at radius 3 is 2.90 bits per heavy atom. The van der Waals surface area contributed by atoms with Crippen LogP contribution >= 0.6 is 0 Å². The molecule has 0 radical (unpaired) electrons. The van der Waals surface area contributed by atoms with Gasteiger partial charge >= 0.3 is 0 Å². The van der Waals surface area contributed by atoms with Crippen LogP contribution in [0.15, 0.2) is 61.1 Å². The van der Waals surface area contributed by atoms with E-state index in [1.54, 1.807) is 0 Å². The molecule has 0 aliphatic carbocycles. The summed E-state index contributed by atoms with van der Waals surface area (Å²) in [5.74, 6) is 1.03. The summed E-state index contributed by atoms with van der Waals surface area (Å²) in [5.41, 5.74) is 3.76. The van der Waals surface area contributed by atoms with Gasteiger partial charge in [0.05, 0.1) is 0 Å². The van der Waals surface area contributed by atoms with Gasteiger partial charge in [0.1, 0.15) is 12.4 Å². The van der Waals surface area contributed by atoms with Crippen LogP contribution < -0.4 is 4.74 Å². The van der Waals surface area contributed by atoms with Gasteiger partial charge < -0.3 is 9.64 Å². The lowest BCUT2D eigenvalue weighted by Crippen LogP contribution is -2.35. The van der Waals surface area contributed by atoms with E-state index in [-0.39, 0.29) is 0 Å². The van der Waals surface area contributed by atoms with E-state index in [1.165, 1.54) is 11.1 Å². The van der Waals surface area contributed by atoms with E-state index in [2.05, 4.69) is 64.2 Å². The third-order valence-electron chi connectivity index (χ3n) is 6.02. The molecule has 1 aliphatic heterocycles. The summed E-state index contributed by atoms with van der Waals surface area (Å²) in [6.07, 6.45) is 7.78. The Labute approximate surface area is 185 Å². The van der Waals surface area contributed by atoms with Crippen LogP contribution in [0.4, 0.5) is 0 Å². The van der Waals surface area contributed by atoms with Gasteiger partial charge in [-0.15, -0.1) is 0 Å². The van der Waals surface area contributed by atoms with E-state index in [0.29, 0.717) is 6.04 Å². The Hall–Kier alpha value is -2.70. The molecule has 1 atom stereocenters. The second-order valence-electron chi connectivity index (χ2n) is 8.48. The predicted octanol–water partition coefficient (Wildman–Crippen LogP) is 3.63. The Bertz CT molecular complexity index is 928. The highest BCUT2D eigenvalue weighted by Gasteiger charge is 2.20. The number of nitrogens with zero attached hydrogens (tertiary/aromatic N) is 5. The van der Waals surface area contributed by atoms with Gasteiger partial charge in [0, 0.05) is 75.0 Å². The number of hydrogen-bond donors (Lipinski definition) is 0. The third kappa shape index (κ3) is 6.15. The van der Waals surface area contributed by atoms with Crippen molar-refractivity contribution in [3.63, 3.8) is 0 Å². The highest BCUT2D eigenvalue weighted by atomic mass is 16.5. The smallest absolute Gasteiger partial charge is 0.123 e. The molecule has 0 fully saturated rings. The maximum Gasteiger partial charge on any atom is 0.123 e. The molecule has 2 aromatic heterocycles. The van der Waals surface area contributed by atoms with Crippen molar-refractivity contribution in [1.82, 2.24) is 24.6 Å². The maximum absolute atomic E-state index is 6.06. The zero-order valence-electron chi connectivity index (χ0n) is 18.7. The lowest BCUT2D eigenvalue weighted by molar-refractivity contribution is 0.167. The molecule has 3 aromatic rings. The maximum atomic E-state index is 6.06. The molecule has 3 heterocycles. The van der Waals surface area contributed by atoms with Gasteiger partial charge in [-0.2, -0.15) is 5.10 Å². The molecule has 1 aliphatic rings. The summed E-state index contributed by atoms with van der Waals surface area (Å²) >= 11 is 0. The summed E-state index contributed by atoms with van der Waals surface area (Å²) < 4.78 is 8.08. The summed E-state index contributed by atoms with van der Waals surface area (Å²) in [7, 11) is 2.18. The molecule has 6 nitrogen and oxygen atoms in total. The first-order chi connectivity index (χ1) is 15.2. The minimum Gasteiger partial charge on any atom is -0.492 e. The highest BCUT2D eigenvalue weighted by molar-refractivity contribution is 5.38. The molecule has 6 heteroatoms. The van der Waals surface area contributed by atoms with Crippen molar-refractivity contribution < 1.29 is 4.74 Å². The van der Waals surface area contributed by atoms with E-state index in [4.69, 9.17) is 4.74 Å². The number of ether oxygens (including phenoxy) is 1. The Kier molecular flexibility index (Phi) is 7.33. The first-order valence-corrected chi connectivity index (χ1v) is 11.2. The first-order valence-electron chi connectivity index (χ1n) is 11.2. The van der Waals surface area contributed by atoms with E-state index in [1.807, 2.05) is 35.4 Å². The predicted molar refractivity (Wildman–Crippen MR) is 123 cm³/mol. The van der Waals surface area contributed by atoms with Gasteiger partial charge in [-0.05, 0) is 56.3 Å². The molecular weight excluding hydrogens is 386 g/mol. The zero-order valence-corrected chi connectivity index (χ0v) is 18.7. The lowest BCUT2D eigenvalue weighted by Gasteiger charge is -2.27. The van der Waals surface area contributed by atoms with E-state index >= 15 is 0 Å². The number of fused-ring (bicyclic) bond motifs is 1. The van der Waals surface area contributed by atoms with Crippen molar-refractivity contribution in [2.24, 2.45) is 0 Å². The number of rotatable bonds is 9. The number of hydrogen-bond acceptors (Lipinski definition) is 5. The molecule has 31 heavy (non-hydrogen) atoms. The van der Waals surface area contributed by atoms with E-state index in [9.17, 15) is 0 Å². The zero-order chi connectivity index (χ0) is 21.5. The number of aromatic nitrogens is 3. The number of aryl methyl sites for hydroxylation is 1. The largest absolute Gasteiger partial charge is 0.492 e. The van der Waals surface area contributed by atoms with Gasteiger partial charge in [0.25, 0.3) is 0 Å². The van der Waals surface area contributed by atoms with Crippen molar-refractivity contribution in [2.75, 3.05) is 26.7 Å². The molecule has 1 aromatic carbocycles. The quantitative estimate of drug-likeness (QED) is 0.530. The molecule has 4 rings (SSSR count). The average Bonchev–Trinajstić information content (AvgIpc) is 3.22. The van der Waals surface area contributed by atoms with Gasteiger partial charge in [0.15, 0.2) is 0 Å². The second-order valence-corrected chi connectivity index (χ2v) is 8.48. The van der Waals surface area contributed by atoms with Crippen molar-refractivity contribution >= 4 is 0 Å².